The van der Waals surface area contributed by atoms with E-state index in [-0.39, 0.29) is 35.1 Å². The highest BCUT2D eigenvalue weighted by Crippen LogP contribution is 2.25. The van der Waals surface area contributed by atoms with Crippen LogP contribution in [-0.2, 0) is 26.0 Å². The maximum absolute atomic E-state index is 11.8. The van der Waals surface area contributed by atoms with E-state index in [1.807, 2.05) is 36.6 Å². The second-order valence-electron chi connectivity index (χ2n) is 6.01. The Balaban J connectivity index is 1.45. The normalized spacial score (nSPS) is 19.0. The average molecular weight is 398 g/mol. The number of hydrogen-bond acceptors (Lipinski definition) is 7. The van der Waals surface area contributed by atoms with Crippen LogP contribution in [0.4, 0.5) is 0 Å². The summed E-state index contributed by atoms with van der Waals surface area (Å²) in [6.45, 7) is 2.18. The summed E-state index contributed by atoms with van der Waals surface area (Å²) in [5.41, 5.74) is 2.97. The molecule has 0 amide bonds. The molecule has 1 aliphatic heterocycles. The Bertz CT molecular complexity index is 843. The summed E-state index contributed by atoms with van der Waals surface area (Å²) in [6, 6.07) is 8.13. The lowest BCUT2D eigenvalue weighted by atomic mass is 10.2. The number of nitrogens with zero attached hydrogens (tertiary/aromatic N) is 1. The second kappa shape index (κ2) is 7.88. The summed E-state index contributed by atoms with van der Waals surface area (Å²) in [7, 11) is -2.91. The molecule has 2 aromatic rings. The zero-order chi connectivity index (χ0) is 17.9. The van der Waals surface area contributed by atoms with Gasteiger partial charge in [0.2, 0.25) is 0 Å². The fraction of sp³-hybridized carbons (Fsp3) is 0.412. The fourth-order valence-corrected chi connectivity index (χ4v) is 6.73. The van der Waals surface area contributed by atoms with Crippen LogP contribution in [-0.4, -0.2) is 41.9 Å². The van der Waals surface area contributed by atoms with Gasteiger partial charge in [0, 0.05) is 16.2 Å². The topological polar surface area (TPSA) is 73.3 Å². The summed E-state index contributed by atoms with van der Waals surface area (Å²) in [5, 5.41) is 2.79. The number of thiazole rings is 1. The van der Waals surface area contributed by atoms with Crippen LogP contribution < -0.4 is 0 Å². The largest absolute Gasteiger partial charge is 0.459 e. The van der Waals surface area contributed by atoms with E-state index in [0.29, 0.717) is 6.42 Å². The summed E-state index contributed by atoms with van der Waals surface area (Å²) >= 11 is 2.88. The zero-order valence-corrected chi connectivity index (χ0v) is 16.3. The van der Waals surface area contributed by atoms with Crippen LogP contribution in [0.1, 0.15) is 17.7 Å². The van der Waals surface area contributed by atoms with Crippen LogP contribution in [0, 0.1) is 6.92 Å². The number of carbonyl (C=O) groups is 1. The Labute approximate surface area is 155 Å². The highest BCUT2D eigenvalue weighted by Gasteiger charge is 2.28. The van der Waals surface area contributed by atoms with Crippen molar-refractivity contribution in [2.24, 2.45) is 0 Å². The molecule has 1 fully saturated rings. The molecule has 0 radical (unpaired) electrons. The number of aromatic nitrogens is 1. The van der Waals surface area contributed by atoms with Crippen molar-refractivity contribution >= 4 is 38.9 Å². The minimum atomic E-state index is -2.91. The van der Waals surface area contributed by atoms with Gasteiger partial charge in [0.15, 0.2) is 9.84 Å². The van der Waals surface area contributed by atoms with Crippen molar-refractivity contribution in [3.05, 3.63) is 40.9 Å². The number of aryl methyl sites for hydroxylation is 1. The Morgan fingerprint density at radius 3 is 2.80 bits per heavy atom. The van der Waals surface area contributed by atoms with Crippen LogP contribution >= 0.6 is 23.1 Å². The van der Waals surface area contributed by atoms with Crippen molar-refractivity contribution < 1.29 is 17.9 Å². The van der Waals surface area contributed by atoms with Gasteiger partial charge in [-0.3, -0.25) is 4.79 Å². The molecule has 134 valence electrons. The maximum atomic E-state index is 11.8. The van der Waals surface area contributed by atoms with Gasteiger partial charge in [-0.2, -0.15) is 0 Å². The van der Waals surface area contributed by atoms with E-state index in [1.54, 1.807) is 0 Å². The van der Waals surface area contributed by atoms with E-state index in [2.05, 4.69) is 4.98 Å². The van der Waals surface area contributed by atoms with E-state index in [0.717, 1.165) is 16.3 Å². The standard InChI is InChI=1S/C17H19NO4S3/c1-12-2-4-13(5-3-12)17-18-14(9-24-17)8-22-16(19)10-23-15-6-7-25(20,21)11-15/h2-5,9,15H,6-8,10-11H2,1H3/t15-/m0/s1. The molecule has 1 saturated heterocycles. The van der Waals surface area contributed by atoms with Gasteiger partial charge in [-0.15, -0.1) is 23.1 Å². The smallest absolute Gasteiger partial charge is 0.316 e. The molecule has 0 aliphatic carbocycles. The molecule has 1 aliphatic rings. The minimum Gasteiger partial charge on any atom is -0.459 e. The number of sulfone groups is 1. The van der Waals surface area contributed by atoms with E-state index >= 15 is 0 Å². The third-order valence-electron chi connectivity index (χ3n) is 3.86. The van der Waals surface area contributed by atoms with E-state index in [9.17, 15) is 13.2 Å². The van der Waals surface area contributed by atoms with Crippen LogP contribution in [0.2, 0.25) is 0 Å². The van der Waals surface area contributed by atoms with Crippen molar-refractivity contribution in [2.75, 3.05) is 17.3 Å². The first-order chi connectivity index (χ1) is 11.9. The quantitative estimate of drug-likeness (QED) is 0.698. The molecule has 0 saturated carbocycles. The maximum Gasteiger partial charge on any atom is 0.316 e. The second-order valence-corrected chi connectivity index (χ2v) is 10.4. The predicted molar refractivity (Wildman–Crippen MR) is 102 cm³/mol. The molecular weight excluding hydrogens is 378 g/mol. The first-order valence-electron chi connectivity index (χ1n) is 7.90. The number of benzene rings is 1. The van der Waals surface area contributed by atoms with Gasteiger partial charge in [-0.05, 0) is 13.3 Å². The molecule has 0 N–H and O–H groups in total. The van der Waals surface area contributed by atoms with Gasteiger partial charge in [-0.25, -0.2) is 13.4 Å². The number of ether oxygens (including phenoxy) is 1. The van der Waals surface area contributed by atoms with E-state index in [4.69, 9.17) is 4.74 Å². The Morgan fingerprint density at radius 2 is 2.12 bits per heavy atom. The zero-order valence-electron chi connectivity index (χ0n) is 13.8. The highest BCUT2D eigenvalue weighted by molar-refractivity contribution is 8.02. The minimum absolute atomic E-state index is 0.00459. The number of hydrogen-bond donors (Lipinski definition) is 0. The lowest BCUT2D eigenvalue weighted by Gasteiger charge is -2.07. The number of thioether (sulfide) groups is 1. The van der Waals surface area contributed by atoms with Gasteiger partial charge in [0.1, 0.15) is 11.6 Å². The van der Waals surface area contributed by atoms with Crippen LogP contribution in [0.3, 0.4) is 0 Å². The van der Waals surface area contributed by atoms with Crippen molar-refractivity contribution in [2.45, 2.75) is 25.2 Å². The molecule has 8 heteroatoms. The molecule has 0 unspecified atom stereocenters. The lowest BCUT2D eigenvalue weighted by molar-refractivity contribution is -0.141. The SMILES string of the molecule is Cc1ccc(-c2nc(COC(=O)CS[C@H]3CCS(=O)(=O)C3)cs2)cc1. The molecule has 0 bridgehead atoms. The van der Waals surface area contributed by atoms with Crippen molar-refractivity contribution in [1.29, 1.82) is 0 Å². The summed E-state index contributed by atoms with van der Waals surface area (Å²) in [4.78, 5) is 16.3. The number of carbonyl (C=O) groups excluding carboxylic acids is 1. The molecule has 25 heavy (non-hydrogen) atoms. The third kappa shape index (κ3) is 5.29. The molecule has 5 nitrogen and oxygen atoms in total. The summed E-state index contributed by atoms with van der Waals surface area (Å²) < 4.78 is 28.0. The molecule has 0 spiro atoms. The summed E-state index contributed by atoms with van der Waals surface area (Å²) in [6.07, 6.45) is 0.617. The Kier molecular flexibility index (Phi) is 5.81. The molecular formula is C17H19NO4S3. The molecule has 1 aromatic carbocycles. The molecule has 1 atom stereocenters. The van der Waals surface area contributed by atoms with E-state index in [1.165, 1.54) is 28.7 Å². The molecule has 1 aromatic heterocycles. The first-order valence-corrected chi connectivity index (χ1v) is 11.7. The third-order valence-corrected chi connectivity index (χ3v) is 8.05. The van der Waals surface area contributed by atoms with Crippen molar-refractivity contribution in [1.82, 2.24) is 4.98 Å². The molecule has 3 rings (SSSR count). The lowest BCUT2D eigenvalue weighted by Crippen LogP contribution is -2.12. The summed E-state index contributed by atoms with van der Waals surface area (Å²) in [5.74, 6) is 0.228. The van der Waals surface area contributed by atoms with Gasteiger partial charge in [0.05, 0.1) is 23.0 Å². The van der Waals surface area contributed by atoms with Gasteiger partial charge in [-0.1, -0.05) is 29.8 Å². The Hall–Kier alpha value is -1.38. The van der Waals surface area contributed by atoms with Gasteiger partial charge < -0.3 is 4.74 Å². The Morgan fingerprint density at radius 1 is 1.36 bits per heavy atom. The van der Waals surface area contributed by atoms with E-state index < -0.39 is 9.84 Å². The van der Waals surface area contributed by atoms with Crippen molar-refractivity contribution in [3.63, 3.8) is 0 Å². The number of rotatable bonds is 6. The van der Waals surface area contributed by atoms with Crippen molar-refractivity contribution in [3.8, 4) is 10.6 Å². The van der Waals surface area contributed by atoms with Crippen LogP contribution in [0.5, 0.6) is 0 Å². The van der Waals surface area contributed by atoms with Gasteiger partial charge in [0.25, 0.3) is 0 Å². The molecule has 2 heterocycles. The number of esters is 1. The predicted octanol–water partition coefficient (Wildman–Crippen LogP) is 3.08. The average Bonchev–Trinajstić information content (AvgIpc) is 3.18. The highest BCUT2D eigenvalue weighted by atomic mass is 32.2. The van der Waals surface area contributed by atoms with Crippen LogP contribution in [0.25, 0.3) is 10.6 Å². The van der Waals surface area contributed by atoms with Gasteiger partial charge >= 0.3 is 5.97 Å². The monoisotopic (exact) mass is 397 g/mol. The fourth-order valence-electron chi connectivity index (χ4n) is 2.48. The van der Waals surface area contributed by atoms with Crippen LogP contribution in [0.15, 0.2) is 29.6 Å². The first kappa shape index (κ1) is 18.4.